The molecule has 0 unspecified atom stereocenters. The highest BCUT2D eigenvalue weighted by molar-refractivity contribution is 5.76. The van der Waals surface area contributed by atoms with E-state index >= 15 is 0 Å². The number of hydrogen-bond acceptors (Lipinski definition) is 6. The molecule has 2 aromatic heterocycles. The zero-order valence-corrected chi connectivity index (χ0v) is 9.27. The van der Waals surface area contributed by atoms with Crippen LogP contribution in [0.15, 0.2) is 18.6 Å². The van der Waals surface area contributed by atoms with Crippen LogP contribution in [0.25, 0.3) is 11.5 Å². The molecule has 1 N–H and O–H groups in total. The molecule has 8 nitrogen and oxygen atoms in total. The third kappa shape index (κ3) is 1.84. The first-order chi connectivity index (χ1) is 8.03. The summed E-state index contributed by atoms with van der Waals surface area (Å²) in [6.45, 7) is 3.01. The summed E-state index contributed by atoms with van der Waals surface area (Å²) in [7, 11) is 0. The molecule has 0 aliphatic rings. The van der Waals surface area contributed by atoms with Gasteiger partial charge in [0.2, 0.25) is 5.82 Å². The van der Waals surface area contributed by atoms with Crippen molar-refractivity contribution in [2.24, 2.45) is 0 Å². The van der Waals surface area contributed by atoms with E-state index in [1.165, 1.54) is 37.1 Å². The van der Waals surface area contributed by atoms with Crippen molar-refractivity contribution >= 4 is 5.97 Å². The summed E-state index contributed by atoms with van der Waals surface area (Å²) in [4.78, 5) is 19.1. The Labute approximate surface area is 96.3 Å². The fourth-order valence-electron chi connectivity index (χ4n) is 1.23. The Hall–Kier alpha value is -2.38. The van der Waals surface area contributed by atoms with Gasteiger partial charge in [-0.3, -0.25) is 4.98 Å². The Balaban J connectivity index is 2.53. The zero-order valence-electron chi connectivity index (χ0n) is 9.27. The second-order valence-corrected chi connectivity index (χ2v) is 3.87. The molecule has 0 saturated heterocycles. The van der Waals surface area contributed by atoms with Gasteiger partial charge in [0.25, 0.3) is 0 Å². The number of aromatic nitrogens is 6. The van der Waals surface area contributed by atoms with Gasteiger partial charge in [-0.25, -0.2) is 14.5 Å². The summed E-state index contributed by atoms with van der Waals surface area (Å²) < 4.78 is 1.21. The van der Waals surface area contributed by atoms with E-state index in [1.54, 1.807) is 0 Å². The molecule has 0 amide bonds. The minimum absolute atomic E-state index is 0.269. The Morgan fingerprint density at radius 2 is 2.18 bits per heavy atom. The Kier molecular flexibility index (Phi) is 2.54. The molecular formula is C9H10N6O2. The number of rotatable bonds is 3. The Bertz CT molecular complexity index is 535. The molecule has 0 spiro atoms. The van der Waals surface area contributed by atoms with Crippen LogP contribution in [-0.2, 0) is 10.3 Å². The van der Waals surface area contributed by atoms with Crippen LogP contribution in [0.5, 0.6) is 0 Å². The molecular weight excluding hydrogens is 224 g/mol. The molecule has 0 bridgehead atoms. The van der Waals surface area contributed by atoms with E-state index in [0.717, 1.165) is 0 Å². The molecule has 0 saturated carbocycles. The number of tetrazole rings is 1. The monoisotopic (exact) mass is 234 g/mol. The van der Waals surface area contributed by atoms with Crippen LogP contribution in [0.2, 0.25) is 0 Å². The molecule has 8 heteroatoms. The number of carbonyl (C=O) groups is 1. The maximum atomic E-state index is 11.2. The number of carboxylic acids is 1. The largest absolute Gasteiger partial charge is 0.479 e. The maximum absolute atomic E-state index is 11.2. The van der Waals surface area contributed by atoms with E-state index < -0.39 is 11.5 Å². The van der Waals surface area contributed by atoms with Crippen LogP contribution in [0.4, 0.5) is 0 Å². The van der Waals surface area contributed by atoms with E-state index in [0.29, 0.717) is 5.69 Å². The quantitative estimate of drug-likeness (QED) is 0.793. The lowest BCUT2D eigenvalue weighted by Crippen LogP contribution is -2.37. The van der Waals surface area contributed by atoms with Crippen LogP contribution < -0.4 is 0 Å². The third-order valence-corrected chi connectivity index (χ3v) is 2.31. The van der Waals surface area contributed by atoms with E-state index in [4.69, 9.17) is 5.11 Å². The predicted octanol–water partition coefficient (Wildman–Crippen LogP) is -0.0502. The number of nitrogens with zero attached hydrogens (tertiary/aromatic N) is 6. The summed E-state index contributed by atoms with van der Waals surface area (Å²) >= 11 is 0. The summed E-state index contributed by atoms with van der Waals surface area (Å²) in [5.74, 6) is -0.763. The van der Waals surface area contributed by atoms with Crippen molar-refractivity contribution in [3.63, 3.8) is 0 Å². The molecule has 17 heavy (non-hydrogen) atoms. The molecule has 0 atom stereocenters. The second-order valence-electron chi connectivity index (χ2n) is 3.87. The van der Waals surface area contributed by atoms with Gasteiger partial charge in [0.1, 0.15) is 5.69 Å². The number of hydrogen-bond donors (Lipinski definition) is 1. The molecule has 0 aromatic carbocycles. The fraction of sp³-hybridized carbons (Fsp3) is 0.333. The maximum Gasteiger partial charge on any atom is 0.331 e. The first-order valence-electron chi connectivity index (χ1n) is 4.82. The Morgan fingerprint density at radius 3 is 2.76 bits per heavy atom. The van der Waals surface area contributed by atoms with Gasteiger partial charge in [-0.15, -0.1) is 5.10 Å². The average Bonchev–Trinajstić information content (AvgIpc) is 2.79. The van der Waals surface area contributed by atoms with E-state index in [9.17, 15) is 4.79 Å². The highest BCUT2D eigenvalue weighted by atomic mass is 16.4. The van der Waals surface area contributed by atoms with Gasteiger partial charge < -0.3 is 5.11 Å². The van der Waals surface area contributed by atoms with Gasteiger partial charge in [-0.1, -0.05) is 0 Å². The second kappa shape index (κ2) is 3.89. The number of carboxylic acid groups (broad SMARTS) is 1. The van der Waals surface area contributed by atoms with Crippen molar-refractivity contribution in [1.82, 2.24) is 30.2 Å². The predicted molar refractivity (Wildman–Crippen MR) is 55.8 cm³/mol. The SMILES string of the molecule is CC(C)(C(=O)O)n1nnnc1-c1cnccn1. The van der Waals surface area contributed by atoms with Crippen LogP contribution in [0.1, 0.15) is 13.8 Å². The highest BCUT2D eigenvalue weighted by Crippen LogP contribution is 2.20. The van der Waals surface area contributed by atoms with Crippen LogP contribution >= 0.6 is 0 Å². The summed E-state index contributed by atoms with van der Waals surface area (Å²) in [6.07, 6.45) is 4.47. The van der Waals surface area contributed by atoms with Crippen molar-refractivity contribution in [3.8, 4) is 11.5 Å². The first-order valence-corrected chi connectivity index (χ1v) is 4.82. The van der Waals surface area contributed by atoms with Crippen molar-refractivity contribution in [3.05, 3.63) is 18.6 Å². The van der Waals surface area contributed by atoms with Crippen molar-refractivity contribution in [2.75, 3.05) is 0 Å². The summed E-state index contributed by atoms with van der Waals surface area (Å²) in [5.41, 5.74) is -0.831. The van der Waals surface area contributed by atoms with Gasteiger partial charge in [0.15, 0.2) is 5.54 Å². The smallest absolute Gasteiger partial charge is 0.331 e. The lowest BCUT2D eigenvalue weighted by Gasteiger charge is -2.19. The van der Waals surface area contributed by atoms with Crippen molar-refractivity contribution in [1.29, 1.82) is 0 Å². The van der Waals surface area contributed by atoms with Crippen LogP contribution in [0.3, 0.4) is 0 Å². The van der Waals surface area contributed by atoms with Crippen molar-refractivity contribution in [2.45, 2.75) is 19.4 Å². The molecule has 0 fully saturated rings. The van der Waals surface area contributed by atoms with Crippen LogP contribution in [-0.4, -0.2) is 41.3 Å². The highest BCUT2D eigenvalue weighted by Gasteiger charge is 2.34. The van der Waals surface area contributed by atoms with Gasteiger partial charge >= 0.3 is 5.97 Å². The third-order valence-electron chi connectivity index (χ3n) is 2.31. The number of aliphatic carboxylic acids is 1. The zero-order chi connectivity index (χ0) is 12.5. The standard InChI is InChI=1S/C9H10N6O2/c1-9(2,8(16)17)15-7(12-13-14-15)6-5-10-3-4-11-6/h3-5H,1-2H3,(H,16,17). The molecule has 0 aliphatic carbocycles. The van der Waals surface area contributed by atoms with E-state index in [2.05, 4.69) is 25.5 Å². The molecule has 0 aliphatic heterocycles. The van der Waals surface area contributed by atoms with Gasteiger partial charge in [0.05, 0.1) is 6.20 Å². The van der Waals surface area contributed by atoms with E-state index in [-0.39, 0.29) is 5.82 Å². The average molecular weight is 234 g/mol. The lowest BCUT2D eigenvalue weighted by atomic mass is 10.1. The van der Waals surface area contributed by atoms with Crippen LogP contribution in [0, 0.1) is 0 Å². The summed E-state index contributed by atoms with van der Waals surface area (Å²) in [6, 6.07) is 0. The van der Waals surface area contributed by atoms with Gasteiger partial charge in [-0.05, 0) is 24.3 Å². The first kappa shape index (κ1) is 11.1. The summed E-state index contributed by atoms with van der Waals surface area (Å²) in [5, 5.41) is 20.1. The normalized spacial score (nSPS) is 11.4. The molecule has 88 valence electrons. The van der Waals surface area contributed by atoms with Gasteiger partial charge in [-0.2, -0.15) is 0 Å². The lowest BCUT2D eigenvalue weighted by molar-refractivity contribution is -0.146. The molecule has 2 aromatic rings. The molecule has 0 radical (unpaired) electrons. The minimum atomic E-state index is -1.25. The minimum Gasteiger partial charge on any atom is -0.479 e. The Morgan fingerprint density at radius 1 is 1.41 bits per heavy atom. The molecule has 2 heterocycles. The van der Waals surface area contributed by atoms with Crippen molar-refractivity contribution < 1.29 is 9.90 Å². The fourth-order valence-corrected chi connectivity index (χ4v) is 1.23. The van der Waals surface area contributed by atoms with Gasteiger partial charge in [0, 0.05) is 12.4 Å². The molecule has 2 rings (SSSR count). The van der Waals surface area contributed by atoms with E-state index in [1.807, 2.05) is 0 Å². The topological polar surface area (TPSA) is 107 Å².